The number of esters is 1. The third-order valence-corrected chi connectivity index (χ3v) is 4.70. The summed E-state index contributed by atoms with van der Waals surface area (Å²) >= 11 is 0. The number of hydrogen-bond donors (Lipinski definition) is 2. The van der Waals surface area contributed by atoms with E-state index in [1.807, 2.05) is 30.3 Å². The minimum Gasteiger partial charge on any atom is -0.404 e. The molecule has 0 unspecified atom stereocenters. The van der Waals surface area contributed by atoms with Crippen LogP contribution in [0.5, 0.6) is 5.88 Å². The van der Waals surface area contributed by atoms with Crippen molar-refractivity contribution in [1.29, 1.82) is 0 Å². The lowest BCUT2D eigenvalue weighted by Gasteiger charge is -2.17. The molecule has 0 saturated heterocycles. The first-order valence-electron chi connectivity index (χ1n) is 9.81. The van der Waals surface area contributed by atoms with Crippen LogP contribution in [0, 0.1) is 5.92 Å². The van der Waals surface area contributed by atoms with Gasteiger partial charge in [-0.1, -0.05) is 56.3 Å². The van der Waals surface area contributed by atoms with Gasteiger partial charge in [0.05, 0.1) is 5.56 Å². The van der Waals surface area contributed by atoms with E-state index < -0.39 is 5.97 Å². The van der Waals surface area contributed by atoms with Crippen LogP contribution in [-0.4, -0.2) is 11.0 Å². The van der Waals surface area contributed by atoms with Gasteiger partial charge in [0.15, 0.2) is 0 Å². The summed E-state index contributed by atoms with van der Waals surface area (Å²) in [6.07, 6.45) is 0.747. The predicted octanol–water partition coefficient (Wildman–Crippen LogP) is 4.93. The molecule has 0 saturated carbocycles. The average Bonchev–Trinajstić information content (AvgIpc) is 2.73. The number of aromatic nitrogens is 1. The average molecular weight is 462 g/mol. The molecule has 2 aromatic carbocycles. The number of halogens is 2. The number of hydrogen-bond acceptors (Lipinski definition) is 5. The summed E-state index contributed by atoms with van der Waals surface area (Å²) in [6, 6.07) is 18.7. The lowest BCUT2D eigenvalue weighted by Crippen LogP contribution is -2.13. The van der Waals surface area contributed by atoms with E-state index in [9.17, 15) is 4.79 Å². The second-order valence-electron chi connectivity index (χ2n) is 7.39. The van der Waals surface area contributed by atoms with Crippen molar-refractivity contribution in [2.24, 2.45) is 17.4 Å². The number of nitrogens with two attached hydrogens (primary N) is 2. The summed E-state index contributed by atoms with van der Waals surface area (Å²) in [4.78, 5) is 17.2. The van der Waals surface area contributed by atoms with E-state index in [0.29, 0.717) is 24.6 Å². The van der Waals surface area contributed by atoms with Gasteiger partial charge >= 0.3 is 5.97 Å². The van der Waals surface area contributed by atoms with Crippen molar-refractivity contribution < 1.29 is 9.53 Å². The molecule has 0 fully saturated rings. The molecule has 0 aliphatic heterocycles. The third-order valence-electron chi connectivity index (χ3n) is 4.70. The zero-order valence-electron chi connectivity index (χ0n) is 17.7. The second-order valence-corrected chi connectivity index (χ2v) is 7.39. The van der Waals surface area contributed by atoms with Crippen molar-refractivity contribution in [2.75, 3.05) is 0 Å². The Kier molecular flexibility index (Phi) is 10.7. The molecule has 0 amide bonds. The smallest absolute Gasteiger partial charge is 0.344 e. The standard InChI is InChI=1S/C24H27N3O2.2ClH/c1-16(2)12-22-21(15-26)20(18-10-8-17(14-25)9-11-18)13-23(27-22)29-24(28)19-6-4-3-5-7-19;;/h3-11,13,16H,12,14-15,25-26H2,1-2H3;2*1H. The van der Waals surface area contributed by atoms with Crippen molar-refractivity contribution >= 4 is 30.8 Å². The van der Waals surface area contributed by atoms with Gasteiger partial charge in [-0.3, -0.25) is 0 Å². The Bertz CT molecular complexity index is 978. The topological polar surface area (TPSA) is 91.2 Å². The van der Waals surface area contributed by atoms with Gasteiger partial charge in [0.1, 0.15) is 0 Å². The fourth-order valence-corrected chi connectivity index (χ4v) is 3.24. The molecule has 0 atom stereocenters. The summed E-state index contributed by atoms with van der Waals surface area (Å²) in [5.41, 5.74) is 17.1. The fraction of sp³-hybridized carbons (Fsp3) is 0.250. The normalized spacial score (nSPS) is 10.2. The first-order valence-corrected chi connectivity index (χ1v) is 9.81. The highest BCUT2D eigenvalue weighted by Crippen LogP contribution is 2.31. The maximum Gasteiger partial charge on any atom is 0.344 e. The summed E-state index contributed by atoms with van der Waals surface area (Å²) in [6.45, 7) is 5.09. The molecule has 7 heteroatoms. The van der Waals surface area contributed by atoms with Gasteiger partial charge in [-0.05, 0) is 46.7 Å². The van der Waals surface area contributed by atoms with Crippen molar-refractivity contribution in [2.45, 2.75) is 33.4 Å². The van der Waals surface area contributed by atoms with E-state index in [0.717, 1.165) is 34.4 Å². The maximum atomic E-state index is 12.5. The molecule has 166 valence electrons. The van der Waals surface area contributed by atoms with Crippen molar-refractivity contribution in [3.8, 4) is 17.0 Å². The molecule has 0 aliphatic rings. The Morgan fingerprint density at radius 1 is 0.968 bits per heavy atom. The third kappa shape index (κ3) is 6.77. The molecule has 1 aromatic heterocycles. The molecular formula is C24H29Cl2N3O2. The minimum absolute atomic E-state index is 0. The van der Waals surface area contributed by atoms with Crippen LogP contribution in [0.25, 0.3) is 11.1 Å². The van der Waals surface area contributed by atoms with Gasteiger partial charge in [0, 0.05) is 24.8 Å². The molecule has 3 aromatic rings. The largest absolute Gasteiger partial charge is 0.404 e. The zero-order valence-corrected chi connectivity index (χ0v) is 19.3. The first-order chi connectivity index (χ1) is 14.0. The number of pyridine rings is 1. The van der Waals surface area contributed by atoms with Gasteiger partial charge in [-0.25, -0.2) is 9.78 Å². The van der Waals surface area contributed by atoms with Crippen LogP contribution in [0.15, 0.2) is 60.7 Å². The molecule has 3 rings (SSSR count). The van der Waals surface area contributed by atoms with E-state index >= 15 is 0 Å². The van der Waals surface area contributed by atoms with Gasteiger partial charge in [0.2, 0.25) is 5.88 Å². The predicted molar refractivity (Wildman–Crippen MR) is 130 cm³/mol. The number of rotatable bonds is 7. The molecular weight excluding hydrogens is 433 g/mol. The first kappa shape index (κ1) is 26.6. The van der Waals surface area contributed by atoms with E-state index in [2.05, 4.69) is 18.8 Å². The Morgan fingerprint density at radius 2 is 1.61 bits per heavy atom. The monoisotopic (exact) mass is 461 g/mol. The molecule has 0 aliphatic carbocycles. The summed E-state index contributed by atoms with van der Waals surface area (Å²) in [5.74, 6) is 0.239. The number of nitrogens with zero attached hydrogens (tertiary/aromatic N) is 1. The van der Waals surface area contributed by atoms with Gasteiger partial charge in [-0.2, -0.15) is 0 Å². The van der Waals surface area contributed by atoms with Crippen LogP contribution in [0.2, 0.25) is 0 Å². The van der Waals surface area contributed by atoms with Crippen LogP contribution in [0.4, 0.5) is 0 Å². The van der Waals surface area contributed by atoms with Crippen LogP contribution < -0.4 is 16.2 Å². The minimum atomic E-state index is -0.432. The molecule has 0 spiro atoms. The van der Waals surface area contributed by atoms with Crippen molar-refractivity contribution in [1.82, 2.24) is 4.98 Å². The summed E-state index contributed by atoms with van der Waals surface area (Å²) < 4.78 is 5.62. The van der Waals surface area contributed by atoms with Gasteiger partial charge < -0.3 is 16.2 Å². The number of benzene rings is 2. The van der Waals surface area contributed by atoms with Crippen molar-refractivity contribution in [3.05, 3.63) is 83.0 Å². The Balaban J connectivity index is 0.00000240. The van der Waals surface area contributed by atoms with E-state index in [-0.39, 0.29) is 30.7 Å². The van der Waals surface area contributed by atoms with Crippen LogP contribution in [0.3, 0.4) is 0 Å². The zero-order chi connectivity index (χ0) is 20.8. The highest BCUT2D eigenvalue weighted by atomic mass is 35.5. The lowest BCUT2D eigenvalue weighted by atomic mass is 9.94. The van der Waals surface area contributed by atoms with Gasteiger partial charge in [0.25, 0.3) is 0 Å². The van der Waals surface area contributed by atoms with Crippen LogP contribution in [-0.2, 0) is 19.5 Å². The summed E-state index contributed by atoms with van der Waals surface area (Å²) in [5, 5.41) is 0. The van der Waals surface area contributed by atoms with Crippen LogP contribution in [0.1, 0.15) is 41.0 Å². The molecule has 4 N–H and O–H groups in total. The number of ether oxygens (including phenoxy) is 1. The molecule has 31 heavy (non-hydrogen) atoms. The van der Waals surface area contributed by atoms with Crippen molar-refractivity contribution in [3.63, 3.8) is 0 Å². The SMILES string of the molecule is CC(C)Cc1nc(OC(=O)c2ccccc2)cc(-c2ccc(CN)cc2)c1CN.Cl.Cl. The van der Waals surface area contributed by atoms with E-state index in [1.54, 1.807) is 30.3 Å². The van der Waals surface area contributed by atoms with Gasteiger partial charge in [-0.15, -0.1) is 24.8 Å². The maximum absolute atomic E-state index is 12.5. The quantitative estimate of drug-likeness (QED) is 0.486. The molecule has 5 nitrogen and oxygen atoms in total. The Hall–Kier alpha value is -2.44. The molecule has 0 bridgehead atoms. The number of carbonyl (C=O) groups excluding carboxylic acids is 1. The number of carbonyl (C=O) groups is 1. The second kappa shape index (κ2) is 12.4. The highest BCUT2D eigenvalue weighted by molar-refractivity contribution is 5.91. The fourth-order valence-electron chi connectivity index (χ4n) is 3.24. The Morgan fingerprint density at radius 3 is 2.16 bits per heavy atom. The summed E-state index contributed by atoms with van der Waals surface area (Å²) in [7, 11) is 0. The molecule has 0 radical (unpaired) electrons. The highest BCUT2D eigenvalue weighted by Gasteiger charge is 2.17. The Labute approximate surface area is 196 Å². The molecule has 1 heterocycles. The van der Waals surface area contributed by atoms with E-state index in [4.69, 9.17) is 16.2 Å². The lowest BCUT2D eigenvalue weighted by molar-refractivity contribution is 0.0727. The van der Waals surface area contributed by atoms with Crippen LogP contribution >= 0.6 is 24.8 Å². The van der Waals surface area contributed by atoms with E-state index in [1.165, 1.54) is 0 Å².